The quantitative estimate of drug-likeness (QED) is 0.270. The van der Waals surface area contributed by atoms with Crippen molar-refractivity contribution in [2.75, 3.05) is 0 Å². The minimum atomic E-state index is -0.0622. The molecule has 1 aliphatic carbocycles. The lowest BCUT2D eigenvalue weighted by atomic mass is 9.72. The number of Topliss-reactive ketones (excluding diaryl/α,β-unsaturated/α-hetero) is 5. The van der Waals surface area contributed by atoms with Gasteiger partial charge in [-0.05, 0) is 69.9 Å². The minimum Gasteiger partial charge on any atom is -0.300 e. The van der Waals surface area contributed by atoms with Gasteiger partial charge in [-0.3, -0.25) is 14.4 Å². The highest BCUT2D eigenvalue weighted by Gasteiger charge is 2.32. The summed E-state index contributed by atoms with van der Waals surface area (Å²) in [5, 5.41) is 0. The molecule has 0 N–H and O–H groups in total. The first kappa shape index (κ1) is 34.6. The van der Waals surface area contributed by atoms with Crippen LogP contribution in [0.25, 0.3) is 0 Å². The molecule has 208 valence electrons. The van der Waals surface area contributed by atoms with Crippen molar-refractivity contribution >= 4 is 28.9 Å². The molecule has 3 atom stereocenters. The molecule has 1 aromatic rings. The maximum atomic E-state index is 12.7. The highest BCUT2D eigenvalue weighted by Crippen LogP contribution is 2.36. The molecular formula is C32H50O5. The molecule has 0 radical (unpaired) electrons. The van der Waals surface area contributed by atoms with Crippen molar-refractivity contribution in [1.29, 1.82) is 0 Å². The van der Waals surface area contributed by atoms with Crippen LogP contribution in [0.5, 0.6) is 0 Å². The van der Waals surface area contributed by atoms with Gasteiger partial charge in [0.1, 0.15) is 23.1 Å². The summed E-state index contributed by atoms with van der Waals surface area (Å²) in [5.41, 5.74) is 3.14. The molecule has 37 heavy (non-hydrogen) atoms. The molecule has 0 saturated carbocycles. The Balaban J connectivity index is 0.000000992. The second-order valence-electron chi connectivity index (χ2n) is 10.6. The van der Waals surface area contributed by atoms with Crippen molar-refractivity contribution in [3.05, 3.63) is 34.9 Å². The van der Waals surface area contributed by atoms with E-state index in [1.807, 2.05) is 26.0 Å². The van der Waals surface area contributed by atoms with E-state index in [0.717, 1.165) is 48.8 Å². The summed E-state index contributed by atoms with van der Waals surface area (Å²) < 4.78 is 0. The van der Waals surface area contributed by atoms with Crippen LogP contribution in [0.1, 0.15) is 128 Å². The molecule has 5 nitrogen and oxygen atoms in total. The predicted octanol–water partition coefficient (Wildman–Crippen LogP) is 7.48. The number of hydrogen-bond acceptors (Lipinski definition) is 5. The van der Waals surface area contributed by atoms with Gasteiger partial charge in [0.2, 0.25) is 0 Å². The molecule has 5 heteroatoms. The Hall–Kier alpha value is -2.43. The van der Waals surface area contributed by atoms with Crippen LogP contribution in [-0.2, 0) is 25.6 Å². The standard InChI is InChI=1S/C23H32O3.C6H10O2.C3H8/c1-5-8-18(20(6-2)21(25)11-16(4)24)12-17-13-19-10-7-9-15(3)23(19)22(26)14-17;1-5(7)3-4-6(2)8;1-3-2/h7,9-10,17-18,20H,5-6,8,11-14H2,1-4H3;3-4H2,1-2H3;3H2,1-2H3. The lowest BCUT2D eigenvalue weighted by Gasteiger charge is -2.31. The molecule has 2 rings (SSSR count). The second-order valence-corrected chi connectivity index (χ2v) is 10.6. The van der Waals surface area contributed by atoms with Crippen molar-refractivity contribution in [2.45, 2.75) is 120 Å². The highest BCUT2D eigenvalue weighted by atomic mass is 16.2. The van der Waals surface area contributed by atoms with Crippen LogP contribution in [0, 0.1) is 24.7 Å². The topological polar surface area (TPSA) is 85.3 Å². The molecule has 0 heterocycles. The van der Waals surface area contributed by atoms with E-state index < -0.39 is 0 Å². The lowest BCUT2D eigenvalue weighted by molar-refractivity contribution is -0.130. The van der Waals surface area contributed by atoms with Crippen molar-refractivity contribution in [2.24, 2.45) is 17.8 Å². The third-order valence-corrected chi connectivity index (χ3v) is 6.59. The Morgan fingerprint density at radius 3 is 1.92 bits per heavy atom. The van der Waals surface area contributed by atoms with E-state index in [1.54, 1.807) is 0 Å². The van der Waals surface area contributed by atoms with E-state index in [4.69, 9.17) is 0 Å². The maximum Gasteiger partial charge on any atom is 0.163 e. The number of fused-ring (bicyclic) bond motifs is 1. The Kier molecular flexibility index (Phi) is 17.5. The smallest absolute Gasteiger partial charge is 0.163 e. The number of aryl methyl sites for hydroxylation is 1. The number of hydrogen-bond donors (Lipinski definition) is 0. The first-order valence-electron chi connectivity index (χ1n) is 14.0. The van der Waals surface area contributed by atoms with Gasteiger partial charge in [-0.1, -0.05) is 65.2 Å². The summed E-state index contributed by atoms with van der Waals surface area (Å²) in [6.45, 7) is 14.9. The molecule has 0 fully saturated rings. The van der Waals surface area contributed by atoms with Crippen LogP contribution in [0.15, 0.2) is 18.2 Å². The Labute approximate surface area is 225 Å². The minimum absolute atomic E-state index is 0.0460. The van der Waals surface area contributed by atoms with E-state index in [2.05, 4.69) is 26.8 Å². The normalized spacial score (nSPS) is 15.7. The molecule has 0 saturated heterocycles. The largest absolute Gasteiger partial charge is 0.300 e. The zero-order chi connectivity index (χ0) is 28.5. The molecule has 0 spiro atoms. The van der Waals surface area contributed by atoms with Crippen LogP contribution in [-0.4, -0.2) is 28.9 Å². The third kappa shape index (κ3) is 13.6. The molecule has 1 aromatic carbocycles. The first-order valence-corrected chi connectivity index (χ1v) is 14.0. The average Bonchev–Trinajstić information content (AvgIpc) is 2.78. The van der Waals surface area contributed by atoms with E-state index in [-0.39, 0.29) is 47.2 Å². The Morgan fingerprint density at radius 2 is 1.46 bits per heavy atom. The summed E-state index contributed by atoms with van der Waals surface area (Å²) in [7, 11) is 0. The average molecular weight is 515 g/mol. The molecule has 0 amide bonds. The summed E-state index contributed by atoms with van der Waals surface area (Å²) in [4.78, 5) is 57.0. The monoisotopic (exact) mass is 514 g/mol. The van der Waals surface area contributed by atoms with Crippen LogP contribution in [0.2, 0.25) is 0 Å². The van der Waals surface area contributed by atoms with Gasteiger partial charge in [0.15, 0.2) is 5.78 Å². The van der Waals surface area contributed by atoms with E-state index in [9.17, 15) is 24.0 Å². The fraction of sp³-hybridized carbons (Fsp3) is 0.656. The number of benzene rings is 1. The molecule has 0 aliphatic heterocycles. The number of carbonyl (C=O) groups excluding carboxylic acids is 5. The van der Waals surface area contributed by atoms with E-state index >= 15 is 0 Å². The maximum absolute atomic E-state index is 12.7. The second kappa shape index (κ2) is 18.8. The van der Waals surface area contributed by atoms with Crippen LogP contribution >= 0.6 is 0 Å². The summed E-state index contributed by atoms with van der Waals surface area (Å²) in [5.74, 6) is 0.937. The zero-order valence-electron chi connectivity index (χ0n) is 24.6. The van der Waals surface area contributed by atoms with Gasteiger partial charge < -0.3 is 9.59 Å². The van der Waals surface area contributed by atoms with Gasteiger partial charge in [-0.15, -0.1) is 0 Å². The third-order valence-electron chi connectivity index (χ3n) is 6.59. The van der Waals surface area contributed by atoms with Crippen LogP contribution < -0.4 is 0 Å². The van der Waals surface area contributed by atoms with Gasteiger partial charge in [0.25, 0.3) is 0 Å². The number of rotatable bonds is 12. The molecule has 0 bridgehead atoms. The molecule has 3 unspecified atom stereocenters. The van der Waals surface area contributed by atoms with Gasteiger partial charge >= 0.3 is 0 Å². The van der Waals surface area contributed by atoms with Crippen LogP contribution in [0.4, 0.5) is 0 Å². The Bertz CT molecular complexity index is 884. The van der Waals surface area contributed by atoms with Crippen molar-refractivity contribution < 1.29 is 24.0 Å². The Morgan fingerprint density at radius 1 is 0.892 bits per heavy atom. The van der Waals surface area contributed by atoms with Gasteiger partial charge in [0, 0.05) is 30.7 Å². The fourth-order valence-electron chi connectivity index (χ4n) is 5.05. The fourth-order valence-corrected chi connectivity index (χ4v) is 5.05. The molecule has 0 aromatic heterocycles. The summed E-state index contributed by atoms with van der Waals surface area (Å²) >= 11 is 0. The first-order chi connectivity index (χ1) is 17.4. The highest BCUT2D eigenvalue weighted by molar-refractivity contribution is 6.00. The van der Waals surface area contributed by atoms with E-state index in [0.29, 0.717) is 25.2 Å². The van der Waals surface area contributed by atoms with E-state index in [1.165, 1.54) is 27.2 Å². The molecule has 1 aliphatic rings. The summed E-state index contributed by atoms with van der Waals surface area (Å²) in [6, 6.07) is 6.10. The van der Waals surface area contributed by atoms with Crippen molar-refractivity contribution in [1.82, 2.24) is 0 Å². The number of carbonyl (C=O) groups is 5. The number of ketones is 5. The lowest BCUT2D eigenvalue weighted by Crippen LogP contribution is -2.29. The summed E-state index contributed by atoms with van der Waals surface area (Å²) in [6.07, 6.45) is 7.26. The van der Waals surface area contributed by atoms with Crippen molar-refractivity contribution in [3.8, 4) is 0 Å². The van der Waals surface area contributed by atoms with Gasteiger partial charge in [-0.2, -0.15) is 0 Å². The van der Waals surface area contributed by atoms with Crippen molar-refractivity contribution in [3.63, 3.8) is 0 Å². The zero-order valence-corrected chi connectivity index (χ0v) is 24.6. The van der Waals surface area contributed by atoms with Gasteiger partial charge in [0.05, 0.1) is 6.42 Å². The van der Waals surface area contributed by atoms with Crippen LogP contribution in [0.3, 0.4) is 0 Å². The van der Waals surface area contributed by atoms with Gasteiger partial charge in [-0.25, -0.2) is 0 Å². The SMILES string of the molecule is CC(=O)CCC(C)=O.CCC.CCCC(CC1CC(=O)c2c(C)cccc2C1)C(CC)C(=O)CC(C)=O. The molecular weight excluding hydrogens is 464 g/mol. The predicted molar refractivity (Wildman–Crippen MR) is 151 cm³/mol.